The third-order valence-corrected chi connectivity index (χ3v) is 6.49. The lowest BCUT2D eigenvalue weighted by molar-refractivity contribution is -0.129. The second kappa shape index (κ2) is 11.6. The number of rotatable bonds is 8. The third kappa shape index (κ3) is 6.33. The van der Waals surface area contributed by atoms with Crippen LogP contribution in [-0.2, 0) is 16.0 Å². The number of carbonyl (C=O) groups is 2. The largest absolute Gasteiger partial charge is 0.393 e. The van der Waals surface area contributed by atoms with Crippen LogP contribution in [-0.4, -0.2) is 35.1 Å². The van der Waals surface area contributed by atoms with Gasteiger partial charge in [0.05, 0.1) is 12.0 Å². The molecule has 4 rings (SSSR count). The van der Waals surface area contributed by atoms with E-state index in [0.717, 1.165) is 29.5 Å². The van der Waals surface area contributed by atoms with Crippen LogP contribution >= 0.6 is 0 Å². The zero-order valence-electron chi connectivity index (χ0n) is 19.3. The molecule has 5 heteroatoms. The Morgan fingerprint density at radius 2 is 1.24 bits per heavy atom. The number of nitrogens with one attached hydrogen (secondary N) is 2. The van der Waals surface area contributed by atoms with E-state index in [9.17, 15) is 14.7 Å². The van der Waals surface area contributed by atoms with Gasteiger partial charge in [0, 0.05) is 12.5 Å². The molecular formula is C29H32N2O3. The minimum atomic E-state index is -0.698. The lowest BCUT2D eigenvalue weighted by Crippen LogP contribution is -2.52. The highest BCUT2D eigenvalue weighted by Gasteiger charge is 2.30. The van der Waals surface area contributed by atoms with E-state index < -0.39 is 12.0 Å². The molecule has 0 unspecified atom stereocenters. The molecule has 0 spiro atoms. The number of hydrogen-bond acceptors (Lipinski definition) is 3. The van der Waals surface area contributed by atoms with Crippen molar-refractivity contribution in [1.82, 2.24) is 10.6 Å². The number of carbonyl (C=O) groups excluding carboxylic acids is 2. The van der Waals surface area contributed by atoms with E-state index in [1.807, 2.05) is 91.0 Å². The van der Waals surface area contributed by atoms with E-state index >= 15 is 0 Å². The van der Waals surface area contributed by atoms with Crippen molar-refractivity contribution in [2.24, 2.45) is 0 Å². The van der Waals surface area contributed by atoms with Gasteiger partial charge in [-0.2, -0.15) is 0 Å². The Kier molecular flexibility index (Phi) is 8.10. The van der Waals surface area contributed by atoms with Crippen molar-refractivity contribution in [3.63, 3.8) is 0 Å². The normalized spacial score (nSPS) is 18.8. The summed E-state index contributed by atoms with van der Waals surface area (Å²) in [4.78, 5) is 27.0. The van der Waals surface area contributed by atoms with E-state index in [0.29, 0.717) is 19.3 Å². The molecule has 3 aromatic rings. The number of aliphatic hydroxyl groups excluding tert-OH is 1. The molecule has 2 amide bonds. The van der Waals surface area contributed by atoms with Crippen LogP contribution in [0, 0.1) is 0 Å². The van der Waals surface area contributed by atoms with E-state index in [2.05, 4.69) is 10.6 Å². The minimum absolute atomic E-state index is 0.0186. The number of amides is 2. The first-order valence-electron chi connectivity index (χ1n) is 12.0. The minimum Gasteiger partial charge on any atom is -0.393 e. The number of hydrogen-bond donors (Lipinski definition) is 3. The van der Waals surface area contributed by atoms with E-state index in [1.54, 1.807) is 0 Å². The van der Waals surface area contributed by atoms with Gasteiger partial charge in [-0.05, 0) is 42.4 Å². The van der Waals surface area contributed by atoms with Gasteiger partial charge in [0.15, 0.2) is 0 Å². The molecule has 1 aliphatic rings. The van der Waals surface area contributed by atoms with Gasteiger partial charge in [0.1, 0.15) is 6.04 Å². The monoisotopic (exact) mass is 456 g/mol. The third-order valence-electron chi connectivity index (χ3n) is 6.49. The second-order valence-electron chi connectivity index (χ2n) is 9.02. The van der Waals surface area contributed by atoms with Crippen LogP contribution in [0.5, 0.6) is 0 Å². The quantitative estimate of drug-likeness (QED) is 0.480. The Morgan fingerprint density at radius 1 is 0.735 bits per heavy atom. The van der Waals surface area contributed by atoms with Gasteiger partial charge >= 0.3 is 0 Å². The van der Waals surface area contributed by atoms with Crippen molar-refractivity contribution in [2.45, 2.75) is 56.2 Å². The predicted octanol–water partition coefficient (Wildman–Crippen LogP) is 3.97. The standard InChI is InChI=1S/C29H32N2O3/c32-25-18-16-24(17-19-25)30-28(33)26(20-21-10-4-1-5-11-21)31-29(34)27(22-12-6-2-7-13-22)23-14-8-3-9-15-23/h1-15,24-27,32H,16-20H2,(H,30,33)(H,31,34)/t24?,25?,26-/m1/s1. The fourth-order valence-corrected chi connectivity index (χ4v) is 4.62. The van der Waals surface area contributed by atoms with Crippen molar-refractivity contribution >= 4 is 11.8 Å². The van der Waals surface area contributed by atoms with Crippen LogP contribution in [0.2, 0.25) is 0 Å². The second-order valence-corrected chi connectivity index (χ2v) is 9.02. The fourth-order valence-electron chi connectivity index (χ4n) is 4.62. The van der Waals surface area contributed by atoms with Gasteiger partial charge in [-0.15, -0.1) is 0 Å². The topological polar surface area (TPSA) is 78.4 Å². The highest BCUT2D eigenvalue weighted by Crippen LogP contribution is 2.25. The first-order valence-corrected chi connectivity index (χ1v) is 12.0. The molecule has 1 atom stereocenters. The van der Waals surface area contributed by atoms with Crippen LogP contribution in [0.15, 0.2) is 91.0 Å². The zero-order chi connectivity index (χ0) is 23.8. The predicted molar refractivity (Wildman–Crippen MR) is 133 cm³/mol. The smallest absolute Gasteiger partial charge is 0.243 e. The first-order chi connectivity index (χ1) is 16.6. The molecule has 0 aromatic heterocycles. The SMILES string of the molecule is O=C(N[C@H](Cc1ccccc1)C(=O)NC1CCC(O)CC1)C(c1ccccc1)c1ccccc1. The van der Waals surface area contributed by atoms with Crippen LogP contribution in [0.1, 0.15) is 48.3 Å². The molecule has 1 aliphatic carbocycles. The van der Waals surface area contributed by atoms with Crippen molar-refractivity contribution in [3.05, 3.63) is 108 Å². The first kappa shape index (κ1) is 23.7. The Balaban J connectivity index is 1.56. The lowest BCUT2D eigenvalue weighted by atomic mass is 9.90. The van der Waals surface area contributed by atoms with E-state index in [-0.39, 0.29) is 24.0 Å². The van der Waals surface area contributed by atoms with Gasteiger partial charge in [-0.25, -0.2) is 0 Å². The lowest BCUT2D eigenvalue weighted by Gasteiger charge is -2.29. The molecular weight excluding hydrogens is 424 g/mol. The van der Waals surface area contributed by atoms with Crippen molar-refractivity contribution in [1.29, 1.82) is 0 Å². The Morgan fingerprint density at radius 3 is 1.76 bits per heavy atom. The Bertz CT molecular complexity index is 1010. The maximum Gasteiger partial charge on any atom is 0.243 e. The molecule has 0 heterocycles. The summed E-state index contributed by atoms with van der Waals surface area (Å²) in [5, 5.41) is 16.0. The molecule has 5 nitrogen and oxygen atoms in total. The maximum absolute atomic E-state index is 13.7. The summed E-state index contributed by atoms with van der Waals surface area (Å²) in [6.07, 6.45) is 2.98. The molecule has 176 valence electrons. The fraction of sp³-hybridized carbons (Fsp3) is 0.310. The molecule has 1 fully saturated rings. The molecule has 0 saturated heterocycles. The molecule has 0 bridgehead atoms. The summed E-state index contributed by atoms with van der Waals surface area (Å²) in [7, 11) is 0. The van der Waals surface area contributed by atoms with Gasteiger partial charge in [-0.3, -0.25) is 9.59 Å². The average Bonchev–Trinajstić information content (AvgIpc) is 2.87. The highest BCUT2D eigenvalue weighted by atomic mass is 16.3. The number of benzene rings is 3. The summed E-state index contributed by atoms with van der Waals surface area (Å²) >= 11 is 0. The van der Waals surface area contributed by atoms with Gasteiger partial charge < -0.3 is 15.7 Å². The Labute approximate surface area is 201 Å². The van der Waals surface area contributed by atoms with Crippen LogP contribution < -0.4 is 10.6 Å². The summed E-state index contributed by atoms with van der Waals surface area (Å²) in [5.74, 6) is -0.899. The van der Waals surface area contributed by atoms with Crippen molar-refractivity contribution < 1.29 is 14.7 Å². The molecule has 34 heavy (non-hydrogen) atoms. The van der Waals surface area contributed by atoms with Gasteiger partial charge in [-0.1, -0.05) is 91.0 Å². The van der Waals surface area contributed by atoms with Crippen molar-refractivity contribution in [3.8, 4) is 0 Å². The van der Waals surface area contributed by atoms with Crippen LogP contribution in [0.4, 0.5) is 0 Å². The van der Waals surface area contributed by atoms with E-state index in [1.165, 1.54) is 0 Å². The van der Waals surface area contributed by atoms with Crippen LogP contribution in [0.3, 0.4) is 0 Å². The summed E-state index contributed by atoms with van der Waals surface area (Å²) < 4.78 is 0. The summed E-state index contributed by atoms with van der Waals surface area (Å²) in [5.41, 5.74) is 2.75. The maximum atomic E-state index is 13.7. The summed E-state index contributed by atoms with van der Waals surface area (Å²) in [6, 6.07) is 28.4. The van der Waals surface area contributed by atoms with Gasteiger partial charge in [0.25, 0.3) is 0 Å². The molecule has 3 aromatic carbocycles. The molecule has 3 N–H and O–H groups in total. The summed E-state index contributed by atoms with van der Waals surface area (Å²) in [6.45, 7) is 0. The number of aliphatic hydroxyl groups is 1. The Hall–Kier alpha value is -3.44. The van der Waals surface area contributed by atoms with Crippen LogP contribution in [0.25, 0.3) is 0 Å². The molecule has 1 saturated carbocycles. The van der Waals surface area contributed by atoms with Crippen molar-refractivity contribution in [2.75, 3.05) is 0 Å². The molecule has 0 aliphatic heterocycles. The highest BCUT2D eigenvalue weighted by molar-refractivity contribution is 5.92. The average molecular weight is 457 g/mol. The van der Waals surface area contributed by atoms with E-state index in [4.69, 9.17) is 0 Å². The zero-order valence-corrected chi connectivity index (χ0v) is 19.3. The van der Waals surface area contributed by atoms with Gasteiger partial charge in [0.2, 0.25) is 11.8 Å². The molecule has 0 radical (unpaired) electrons.